The van der Waals surface area contributed by atoms with E-state index in [1.807, 2.05) is 0 Å². The first-order valence-corrected chi connectivity index (χ1v) is 7.44. The smallest absolute Gasteiger partial charge is 0.0486 e. The van der Waals surface area contributed by atoms with Crippen molar-refractivity contribution >= 4 is 10.9 Å². The first-order chi connectivity index (χ1) is 10.1. The number of hydrogen-bond donors (Lipinski definition) is 1. The lowest BCUT2D eigenvalue weighted by molar-refractivity contribution is 0.760. The molecule has 2 nitrogen and oxygen atoms in total. The van der Waals surface area contributed by atoms with Gasteiger partial charge in [0.05, 0.1) is 0 Å². The van der Waals surface area contributed by atoms with Crippen LogP contribution in [0.1, 0.15) is 27.9 Å². The molecule has 0 unspecified atom stereocenters. The maximum atomic E-state index is 5.95. The molecule has 3 aromatic rings. The summed E-state index contributed by atoms with van der Waals surface area (Å²) in [6, 6.07) is 15.2. The summed E-state index contributed by atoms with van der Waals surface area (Å²) in [7, 11) is 0. The van der Waals surface area contributed by atoms with Crippen molar-refractivity contribution in [2.75, 3.05) is 0 Å². The van der Waals surface area contributed by atoms with Crippen molar-refractivity contribution in [3.63, 3.8) is 0 Å². The standard InChI is InChI=1S/C19H22N2/c1-13-8-14(2)18(15(3)9-13)12-21-17(11-20)10-16-6-4-5-7-19(16)21/h4-10H,11-12,20H2,1-3H3. The molecule has 2 N–H and O–H groups in total. The lowest BCUT2D eigenvalue weighted by Crippen LogP contribution is -2.10. The van der Waals surface area contributed by atoms with Crippen LogP contribution in [0.25, 0.3) is 10.9 Å². The molecule has 0 atom stereocenters. The third-order valence-electron chi connectivity index (χ3n) is 4.26. The van der Waals surface area contributed by atoms with Crippen molar-refractivity contribution < 1.29 is 0 Å². The fourth-order valence-corrected chi connectivity index (χ4v) is 3.24. The van der Waals surface area contributed by atoms with E-state index in [0.29, 0.717) is 6.54 Å². The van der Waals surface area contributed by atoms with Crippen LogP contribution in [0.15, 0.2) is 42.5 Å². The number of aryl methyl sites for hydroxylation is 3. The van der Waals surface area contributed by atoms with Crippen LogP contribution in [-0.2, 0) is 13.1 Å². The lowest BCUT2D eigenvalue weighted by atomic mass is 9.99. The Morgan fingerprint density at radius 2 is 1.62 bits per heavy atom. The van der Waals surface area contributed by atoms with Crippen LogP contribution < -0.4 is 5.73 Å². The quantitative estimate of drug-likeness (QED) is 0.769. The summed E-state index contributed by atoms with van der Waals surface area (Å²) in [5.74, 6) is 0. The molecule has 2 heteroatoms. The zero-order valence-electron chi connectivity index (χ0n) is 13.0. The second-order valence-electron chi connectivity index (χ2n) is 5.86. The Labute approximate surface area is 126 Å². The Bertz CT molecular complexity index is 773. The molecule has 0 aliphatic heterocycles. The van der Waals surface area contributed by atoms with E-state index in [0.717, 1.165) is 6.54 Å². The molecule has 0 saturated heterocycles. The van der Waals surface area contributed by atoms with E-state index in [-0.39, 0.29) is 0 Å². The third-order valence-corrected chi connectivity index (χ3v) is 4.26. The number of para-hydroxylation sites is 1. The van der Waals surface area contributed by atoms with Crippen molar-refractivity contribution in [3.8, 4) is 0 Å². The monoisotopic (exact) mass is 278 g/mol. The molecule has 2 aromatic carbocycles. The molecule has 21 heavy (non-hydrogen) atoms. The van der Waals surface area contributed by atoms with Gasteiger partial charge in [0.1, 0.15) is 0 Å². The fraction of sp³-hybridized carbons (Fsp3) is 0.263. The van der Waals surface area contributed by atoms with Gasteiger partial charge in [0.25, 0.3) is 0 Å². The number of aromatic nitrogens is 1. The van der Waals surface area contributed by atoms with Crippen LogP contribution >= 0.6 is 0 Å². The SMILES string of the molecule is Cc1cc(C)c(Cn2c(CN)cc3ccccc32)c(C)c1. The minimum absolute atomic E-state index is 0.568. The molecule has 1 heterocycles. The lowest BCUT2D eigenvalue weighted by Gasteiger charge is -2.15. The number of benzene rings is 2. The Balaban J connectivity index is 2.14. The zero-order valence-corrected chi connectivity index (χ0v) is 13.0. The topological polar surface area (TPSA) is 30.9 Å². The molecule has 0 aliphatic carbocycles. The van der Waals surface area contributed by atoms with Gasteiger partial charge in [0.2, 0.25) is 0 Å². The molecule has 3 rings (SSSR count). The molecule has 0 fully saturated rings. The number of fused-ring (bicyclic) bond motifs is 1. The maximum absolute atomic E-state index is 5.95. The van der Waals surface area contributed by atoms with E-state index in [1.165, 1.54) is 38.9 Å². The summed E-state index contributed by atoms with van der Waals surface area (Å²) in [5.41, 5.74) is 13.8. The molecule has 0 aliphatic rings. The van der Waals surface area contributed by atoms with Gasteiger partial charge in [-0.25, -0.2) is 0 Å². The van der Waals surface area contributed by atoms with Crippen LogP contribution in [0.4, 0.5) is 0 Å². The van der Waals surface area contributed by atoms with Gasteiger partial charge in [-0.15, -0.1) is 0 Å². The molecule has 0 amide bonds. The average Bonchev–Trinajstić information content (AvgIpc) is 2.80. The van der Waals surface area contributed by atoms with Crippen LogP contribution in [0.2, 0.25) is 0 Å². The van der Waals surface area contributed by atoms with Gasteiger partial charge in [0.15, 0.2) is 0 Å². The summed E-state index contributed by atoms with van der Waals surface area (Å²) in [6.45, 7) is 8.00. The first kappa shape index (κ1) is 13.9. The molecule has 0 saturated carbocycles. The molecule has 0 spiro atoms. The first-order valence-electron chi connectivity index (χ1n) is 7.44. The number of rotatable bonds is 3. The molecule has 1 aromatic heterocycles. The van der Waals surface area contributed by atoms with Gasteiger partial charge < -0.3 is 10.3 Å². The summed E-state index contributed by atoms with van der Waals surface area (Å²) in [5, 5.41) is 1.26. The molecule has 0 bridgehead atoms. The van der Waals surface area contributed by atoms with Gasteiger partial charge in [-0.2, -0.15) is 0 Å². The van der Waals surface area contributed by atoms with Crippen LogP contribution in [0.3, 0.4) is 0 Å². The highest BCUT2D eigenvalue weighted by molar-refractivity contribution is 5.81. The Hall–Kier alpha value is -2.06. The van der Waals surface area contributed by atoms with Gasteiger partial charge in [0, 0.05) is 24.3 Å². The Morgan fingerprint density at radius 3 is 2.29 bits per heavy atom. The zero-order chi connectivity index (χ0) is 15.0. The minimum atomic E-state index is 0.568. The molecule has 0 radical (unpaired) electrons. The molecular weight excluding hydrogens is 256 g/mol. The Morgan fingerprint density at radius 1 is 0.952 bits per heavy atom. The highest BCUT2D eigenvalue weighted by Gasteiger charge is 2.11. The van der Waals surface area contributed by atoms with Gasteiger partial charge in [-0.3, -0.25) is 0 Å². The minimum Gasteiger partial charge on any atom is -0.339 e. The van der Waals surface area contributed by atoms with Gasteiger partial charge >= 0.3 is 0 Å². The van der Waals surface area contributed by atoms with Crippen LogP contribution in [-0.4, -0.2) is 4.57 Å². The highest BCUT2D eigenvalue weighted by atomic mass is 15.0. The summed E-state index contributed by atoms with van der Waals surface area (Å²) in [4.78, 5) is 0. The summed E-state index contributed by atoms with van der Waals surface area (Å²) >= 11 is 0. The maximum Gasteiger partial charge on any atom is 0.0486 e. The van der Waals surface area contributed by atoms with E-state index >= 15 is 0 Å². The second-order valence-corrected chi connectivity index (χ2v) is 5.86. The molecule has 108 valence electrons. The third kappa shape index (κ3) is 2.47. The van der Waals surface area contributed by atoms with Crippen LogP contribution in [0.5, 0.6) is 0 Å². The van der Waals surface area contributed by atoms with Crippen molar-refractivity contribution in [2.24, 2.45) is 5.73 Å². The average molecular weight is 278 g/mol. The van der Waals surface area contributed by atoms with Crippen molar-refractivity contribution in [3.05, 3.63) is 70.4 Å². The van der Waals surface area contributed by atoms with Crippen molar-refractivity contribution in [1.82, 2.24) is 4.57 Å². The fourth-order valence-electron chi connectivity index (χ4n) is 3.24. The molecular formula is C19H22N2. The van der Waals surface area contributed by atoms with E-state index in [2.05, 4.69) is 67.8 Å². The van der Waals surface area contributed by atoms with Crippen molar-refractivity contribution in [1.29, 1.82) is 0 Å². The second kappa shape index (κ2) is 5.38. The van der Waals surface area contributed by atoms with E-state index in [9.17, 15) is 0 Å². The number of nitrogens with zero attached hydrogens (tertiary/aromatic N) is 1. The van der Waals surface area contributed by atoms with Crippen molar-refractivity contribution in [2.45, 2.75) is 33.9 Å². The predicted molar refractivity (Wildman–Crippen MR) is 89.6 cm³/mol. The summed E-state index contributed by atoms with van der Waals surface area (Å²) < 4.78 is 2.35. The van der Waals surface area contributed by atoms with Crippen LogP contribution in [0, 0.1) is 20.8 Å². The normalized spacial score (nSPS) is 11.2. The Kier molecular flexibility index (Phi) is 3.56. The van der Waals surface area contributed by atoms with Gasteiger partial charge in [-0.05, 0) is 55.0 Å². The number of hydrogen-bond acceptors (Lipinski definition) is 1. The number of nitrogens with two attached hydrogens (primary N) is 1. The largest absolute Gasteiger partial charge is 0.339 e. The van der Waals surface area contributed by atoms with E-state index in [1.54, 1.807) is 0 Å². The predicted octanol–water partition coefficient (Wildman–Crippen LogP) is 4.07. The van der Waals surface area contributed by atoms with Gasteiger partial charge in [-0.1, -0.05) is 35.9 Å². The van der Waals surface area contributed by atoms with E-state index < -0.39 is 0 Å². The summed E-state index contributed by atoms with van der Waals surface area (Å²) in [6.07, 6.45) is 0. The highest BCUT2D eigenvalue weighted by Crippen LogP contribution is 2.24. The van der Waals surface area contributed by atoms with E-state index in [4.69, 9.17) is 5.73 Å².